The highest BCUT2D eigenvalue weighted by Crippen LogP contribution is 2.33. The lowest BCUT2D eigenvalue weighted by atomic mass is 10.1. The largest absolute Gasteiger partial charge is 0.433 e. The highest BCUT2D eigenvalue weighted by molar-refractivity contribution is 6.10. The molecule has 32 heavy (non-hydrogen) atoms. The third kappa shape index (κ3) is 5.85. The summed E-state index contributed by atoms with van der Waals surface area (Å²) < 4.78 is 61.4. The first-order valence-corrected chi connectivity index (χ1v) is 9.78. The minimum atomic E-state index is -3.25. The second kappa shape index (κ2) is 10.1. The van der Waals surface area contributed by atoms with E-state index in [1.807, 2.05) is 0 Å². The quantitative estimate of drug-likeness (QED) is 0.399. The van der Waals surface area contributed by atoms with E-state index in [2.05, 4.69) is 10.1 Å². The molecule has 176 valence electrons. The molecule has 1 saturated carbocycles. The number of rotatable bonds is 10. The van der Waals surface area contributed by atoms with Crippen LogP contribution in [-0.2, 0) is 19.1 Å². The molecule has 1 heterocycles. The van der Waals surface area contributed by atoms with Gasteiger partial charge in [-0.25, -0.2) is 8.78 Å². The summed E-state index contributed by atoms with van der Waals surface area (Å²) in [6.07, 6.45) is -1.77. The molecule has 0 unspecified atom stereocenters. The Morgan fingerprint density at radius 2 is 2.00 bits per heavy atom. The molecule has 0 spiro atoms. The second-order valence-corrected chi connectivity index (χ2v) is 7.27. The fourth-order valence-corrected chi connectivity index (χ4v) is 3.44. The van der Waals surface area contributed by atoms with E-state index in [1.165, 1.54) is 17.0 Å². The number of nitrogens with one attached hydrogen (secondary N) is 1. The molecule has 1 aromatic rings. The number of alkyl halides is 4. The van der Waals surface area contributed by atoms with Crippen molar-refractivity contribution in [3.05, 3.63) is 18.2 Å². The summed E-state index contributed by atoms with van der Waals surface area (Å²) in [5, 5.41) is 2.26. The van der Waals surface area contributed by atoms with E-state index in [-0.39, 0.29) is 31.1 Å². The number of nitrogens with zero attached hydrogens (tertiary/aromatic N) is 2. The Bertz CT molecular complexity index is 868. The Kier molecular flexibility index (Phi) is 7.51. The van der Waals surface area contributed by atoms with Crippen LogP contribution in [0.4, 0.5) is 28.9 Å². The fourth-order valence-electron chi connectivity index (χ4n) is 3.44. The number of nitrogens with two attached hydrogens (primary N) is 1. The van der Waals surface area contributed by atoms with Crippen LogP contribution in [-0.4, -0.2) is 74.0 Å². The molecule has 1 aliphatic heterocycles. The Labute approximate surface area is 180 Å². The van der Waals surface area contributed by atoms with Crippen molar-refractivity contribution in [3.63, 3.8) is 0 Å². The Balaban J connectivity index is 1.85. The molecule has 1 aromatic carbocycles. The van der Waals surface area contributed by atoms with Crippen LogP contribution in [0.3, 0.4) is 0 Å². The van der Waals surface area contributed by atoms with Crippen molar-refractivity contribution in [3.8, 4) is 5.75 Å². The molecule has 3 N–H and O–H groups in total. The summed E-state index contributed by atoms with van der Waals surface area (Å²) in [6.45, 7) is -3.84. The second-order valence-electron chi connectivity index (χ2n) is 7.27. The van der Waals surface area contributed by atoms with E-state index in [0.29, 0.717) is 12.8 Å². The maximum absolute atomic E-state index is 13.0. The number of carbonyl (C=O) groups excluding carboxylic acids is 3. The lowest BCUT2D eigenvalue weighted by Crippen LogP contribution is -2.54. The molecule has 2 fully saturated rings. The van der Waals surface area contributed by atoms with Gasteiger partial charge in [0.2, 0.25) is 5.91 Å². The number of amides is 3. The molecule has 0 aromatic heterocycles. The van der Waals surface area contributed by atoms with Gasteiger partial charge in [-0.05, 0) is 25.0 Å². The SMILES string of the molecule is NC(=O)[C@H](C(=O)Nc1ccc(N2CCOCC2=O)cc1OC(F)F)N(CC(F)F)C1CC1. The van der Waals surface area contributed by atoms with Crippen molar-refractivity contribution in [2.45, 2.75) is 38.0 Å². The van der Waals surface area contributed by atoms with Crippen molar-refractivity contribution in [2.75, 3.05) is 36.5 Å². The van der Waals surface area contributed by atoms with Gasteiger partial charge in [-0.1, -0.05) is 0 Å². The van der Waals surface area contributed by atoms with E-state index in [0.717, 1.165) is 11.0 Å². The third-order valence-electron chi connectivity index (χ3n) is 4.95. The van der Waals surface area contributed by atoms with Crippen LogP contribution in [0.1, 0.15) is 12.8 Å². The summed E-state index contributed by atoms with van der Waals surface area (Å²) in [7, 11) is 0. The van der Waals surface area contributed by atoms with Gasteiger partial charge >= 0.3 is 6.61 Å². The van der Waals surface area contributed by atoms with Crippen molar-refractivity contribution < 1.29 is 41.4 Å². The first-order chi connectivity index (χ1) is 15.2. The van der Waals surface area contributed by atoms with Gasteiger partial charge in [0, 0.05) is 24.3 Å². The molecule has 13 heteroatoms. The topological polar surface area (TPSA) is 114 Å². The van der Waals surface area contributed by atoms with Gasteiger partial charge in [0.1, 0.15) is 6.61 Å². The molecule has 3 rings (SSSR count). The van der Waals surface area contributed by atoms with Gasteiger partial charge in [0.15, 0.2) is 11.8 Å². The number of halogens is 4. The van der Waals surface area contributed by atoms with E-state index >= 15 is 0 Å². The zero-order chi connectivity index (χ0) is 23.4. The standard InChI is InChI=1S/C19H22F4N4O5/c20-14(21)8-27(10-1-2-10)16(17(24)29)18(30)25-12-4-3-11(7-13(12)32-19(22)23)26-5-6-31-9-15(26)28/h3-4,7,10,14,16,19H,1-2,5-6,8-9H2,(H2,24,29)(H,25,30)/t16-/m1/s1. The fraction of sp³-hybridized carbons (Fsp3) is 0.526. The number of carbonyl (C=O) groups is 3. The number of morpholine rings is 1. The molecule has 1 aliphatic carbocycles. The maximum Gasteiger partial charge on any atom is 0.387 e. The summed E-state index contributed by atoms with van der Waals surface area (Å²) in [5.74, 6) is -3.07. The van der Waals surface area contributed by atoms with E-state index in [1.54, 1.807) is 0 Å². The number of hydrogen-bond donors (Lipinski definition) is 2. The Morgan fingerprint density at radius 1 is 1.28 bits per heavy atom. The summed E-state index contributed by atoms with van der Waals surface area (Å²) in [5.41, 5.74) is 5.29. The van der Waals surface area contributed by atoms with Gasteiger partial charge in [0.25, 0.3) is 18.2 Å². The number of anilines is 2. The van der Waals surface area contributed by atoms with Gasteiger partial charge in [0.05, 0.1) is 18.8 Å². The molecule has 1 atom stereocenters. The molecule has 1 saturated heterocycles. The highest BCUT2D eigenvalue weighted by Gasteiger charge is 2.42. The third-order valence-corrected chi connectivity index (χ3v) is 4.95. The Hall–Kier alpha value is -2.93. The number of benzene rings is 1. The Morgan fingerprint density at radius 3 is 2.56 bits per heavy atom. The first kappa shape index (κ1) is 23.7. The van der Waals surface area contributed by atoms with Crippen LogP contribution in [0, 0.1) is 0 Å². The molecular formula is C19H22F4N4O5. The van der Waals surface area contributed by atoms with Crippen LogP contribution in [0.25, 0.3) is 0 Å². The molecule has 0 radical (unpaired) electrons. The van der Waals surface area contributed by atoms with Gasteiger partial charge in [-0.2, -0.15) is 8.78 Å². The molecule has 9 nitrogen and oxygen atoms in total. The van der Waals surface area contributed by atoms with Crippen molar-refractivity contribution >= 4 is 29.1 Å². The van der Waals surface area contributed by atoms with Crippen LogP contribution >= 0.6 is 0 Å². The van der Waals surface area contributed by atoms with Crippen molar-refractivity contribution in [1.82, 2.24) is 4.90 Å². The predicted octanol–water partition coefficient (Wildman–Crippen LogP) is 1.17. The molecule has 2 aliphatic rings. The predicted molar refractivity (Wildman–Crippen MR) is 104 cm³/mol. The lowest BCUT2D eigenvalue weighted by Gasteiger charge is -2.29. The maximum atomic E-state index is 13.0. The van der Waals surface area contributed by atoms with Crippen molar-refractivity contribution in [2.24, 2.45) is 5.73 Å². The van der Waals surface area contributed by atoms with E-state index in [4.69, 9.17) is 10.5 Å². The molecular weight excluding hydrogens is 440 g/mol. The monoisotopic (exact) mass is 462 g/mol. The van der Waals surface area contributed by atoms with Crippen LogP contribution < -0.4 is 20.7 Å². The van der Waals surface area contributed by atoms with Gasteiger partial charge in [-0.15, -0.1) is 0 Å². The van der Waals surface area contributed by atoms with E-state index in [9.17, 15) is 31.9 Å². The molecule has 3 amide bonds. The normalized spacial score (nSPS) is 17.7. The summed E-state index contributed by atoms with van der Waals surface area (Å²) in [6, 6.07) is 1.59. The number of primary amides is 1. The van der Waals surface area contributed by atoms with Crippen LogP contribution in [0.2, 0.25) is 0 Å². The average Bonchev–Trinajstić information content (AvgIpc) is 3.53. The first-order valence-electron chi connectivity index (χ1n) is 9.78. The smallest absolute Gasteiger partial charge is 0.387 e. The lowest BCUT2D eigenvalue weighted by molar-refractivity contribution is -0.133. The number of ether oxygens (including phenoxy) is 2. The van der Waals surface area contributed by atoms with Gasteiger partial charge in [-0.3, -0.25) is 19.3 Å². The van der Waals surface area contributed by atoms with Crippen LogP contribution in [0.15, 0.2) is 18.2 Å². The number of hydrogen-bond acceptors (Lipinski definition) is 6. The van der Waals surface area contributed by atoms with Gasteiger partial charge < -0.3 is 25.4 Å². The zero-order valence-corrected chi connectivity index (χ0v) is 16.8. The van der Waals surface area contributed by atoms with Crippen LogP contribution in [0.5, 0.6) is 5.75 Å². The summed E-state index contributed by atoms with van der Waals surface area (Å²) in [4.78, 5) is 39.0. The highest BCUT2D eigenvalue weighted by atomic mass is 19.3. The summed E-state index contributed by atoms with van der Waals surface area (Å²) >= 11 is 0. The van der Waals surface area contributed by atoms with Crippen molar-refractivity contribution in [1.29, 1.82) is 0 Å². The zero-order valence-electron chi connectivity index (χ0n) is 16.8. The minimum absolute atomic E-state index is 0.176. The molecule has 0 bridgehead atoms. The minimum Gasteiger partial charge on any atom is -0.433 e. The average molecular weight is 462 g/mol. The van der Waals surface area contributed by atoms with E-state index < -0.39 is 55.1 Å².